The zero-order valence-electron chi connectivity index (χ0n) is 12.2. The summed E-state index contributed by atoms with van der Waals surface area (Å²) < 4.78 is 5.09. The maximum absolute atomic E-state index is 11.2. The minimum Gasteiger partial charge on any atom is -0.507 e. The Hall–Kier alpha value is -1.16. The summed E-state index contributed by atoms with van der Waals surface area (Å²) in [6, 6.07) is 1.96. The van der Waals surface area contributed by atoms with E-state index in [-0.39, 0.29) is 29.5 Å². The molecule has 19 heavy (non-hydrogen) atoms. The Bertz CT molecular complexity index is 487. The fourth-order valence-corrected chi connectivity index (χ4v) is 2.10. The van der Waals surface area contributed by atoms with Crippen molar-refractivity contribution in [2.24, 2.45) is 0 Å². The van der Waals surface area contributed by atoms with Gasteiger partial charge in [0.2, 0.25) is 0 Å². The fourth-order valence-electron chi connectivity index (χ4n) is 2.00. The number of carbonyl (C=O) groups excluding carboxylic acids is 1. The van der Waals surface area contributed by atoms with Crippen molar-refractivity contribution in [3.8, 4) is 5.75 Å². The lowest BCUT2D eigenvalue weighted by molar-refractivity contribution is -0.141. The van der Waals surface area contributed by atoms with Crippen LogP contribution in [0, 0.1) is 13.8 Å². The van der Waals surface area contributed by atoms with Crippen LogP contribution in [0.2, 0.25) is 0 Å². The lowest BCUT2D eigenvalue weighted by atomic mass is 9.83. The molecule has 1 aromatic carbocycles. The van der Waals surface area contributed by atoms with Gasteiger partial charge >= 0.3 is 5.97 Å². The predicted octanol–water partition coefficient (Wildman–Crippen LogP) is 3.28. The molecule has 0 amide bonds. The monoisotopic (exact) mass is 282 g/mol. The first-order chi connectivity index (χ1) is 8.68. The fraction of sp³-hybridized carbons (Fsp3) is 0.533. The summed E-state index contributed by atoms with van der Waals surface area (Å²) in [4.78, 5) is 11.2. The second-order valence-electron chi connectivity index (χ2n) is 5.76. The standard InChI is InChI=1S/C15H22O3S/c1-9-6-12(15(3,4)5)14(17)10(2)11(9)7-18-13(16)8-19/h6,17,19H,7-8H2,1-5H3. The molecule has 0 aliphatic heterocycles. The molecule has 4 heteroatoms. The zero-order valence-corrected chi connectivity index (χ0v) is 13.1. The van der Waals surface area contributed by atoms with Crippen molar-refractivity contribution in [3.05, 3.63) is 28.3 Å². The van der Waals surface area contributed by atoms with Gasteiger partial charge in [-0.15, -0.1) is 0 Å². The third kappa shape index (κ3) is 3.66. The minimum atomic E-state index is -0.360. The van der Waals surface area contributed by atoms with Crippen molar-refractivity contribution in [2.45, 2.75) is 46.6 Å². The van der Waals surface area contributed by atoms with E-state index in [1.54, 1.807) is 0 Å². The molecule has 0 aliphatic rings. The number of thiol groups is 1. The second-order valence-corrected chi connectivity index (χ2v) is 6.08. The molecule has 1 N–H and O–H groups in total. The highest BCUT2D eigenvalue weighted by molar-refractivity contribution is 7.81. The van der Waals surface area contributed by atoms with Gasteiger partial charge < -0.3 is 9.84 Å². The molecule has 0 aromatic heterocycles. The lowest BCUT2D eigenvalue weighted by Crippen LogP contribution is -2.14. The number of hydrogen-bond acceptors (Lipinski definition) is 4. The number of aryl methyl sites for hydroxylation is 1. The molecular weight excluding hydrogens is 260 g/mol. The van der Waals surface area contributed by atoms with Crippen LogP contribution in [0.5, 0.6) is 5.75 Å². The van der Waals surface area contributed by atoms with Gasteiger partial charge in [0, 0.05) is 0 Å². The Kier molecular flexibility index (Phi) is 4.91. The Morgan fingerprint density at radius 3 is 2.42 bits per heavy atom. The average molecular weight is 282 g/mol. The van der Waals surface area contributed by atoms with Gasteiger partial charge in [-0.2, -0.15) is 12.6 Å². The number of carbonyl (C=O) groups is 1. The highest BCUT2D eigenvalue weighted by atomic mass is 32.1. The molecule has 3 nitrogen and oxygen atoms in total. The molecule has 0 bridgehead atoms. The topological polar surface area (TPSA) is 46.5 Å². The van der Waals surface area contributed by atoms with Crippen LogP contribution in [0.25, 0.3) is 0 Å². The van der Waals surface area contributed by atoms with E-state index in [0.717, 1.165) is 22.3 Å². The minimum absolute atomic E-state index is 0.0597. The molecule has 0 radical (unpaired) electrons. The first-order valence-corrected chi connectivity index (χ1v) is 6.90. The molecule has 0 fully saturated rings. The van der Waals surface area contributed by atoms with Crippen LogP contribution in [-0.2, 0) is 21.6 Å². The smallest absolute Gasteiger partial charge is 0.315 e. The average Bonchev–Trinajstić information content (AvgIpc) is 2.31. The van der Waals surface area contributed by atoms with Crippen molar-refractivity contribution in [1.29, 1.82) is 0 Å². The predicted molar refractivity (Wildman–Crippen MR) is 79.9 cm³/mol. The third-order valence-electron chi connectivity index (χ3n) is 3.21. The van der Waals surface area contributed by atoms with Crippen molar-refractivity contribution in [2.75, 3.05) is 5.75 Å². The van der Waals surface area contributed by atoms with Crippen LogP contribution in [0.3, 0.4) is 0 Å². The van der Waals surface area contributed by atoms with Gasteiger partial charge in [-0.3, -0.25) is 4.79 Å². The normalized spacial score (nSPS) is 11.5. The SMILES string of the molecule is Cc1cc(C(C)(C)C)c(O)c(C)c1COC(=O)CS. The summed E-state index contributed by atoms with van der Waals surface area (Å²) in [7, 11) is 0. The number of phenols is 1. The van der Waals surface area contributed by atoms with E-state index >= 15 is 0 Å². The van der Waals surface area contributed by atoms with Crippen molar-refractivity contribution in [3.63, 3.8) is 0 Å². The van der Waals surface area contributed by atoms with E-state index in [1.165, 1.54) is 0 Å². The number of hydrogen-bond donors (Lipinski definition) is 2. The van der Waals surface area contributed by atoms with Crippen LogP contribution < -0.4 is 0 Å². The molecule has 0 atom stereocenters. The Morgan fingerprint density at radius 2 is 1.95 bits per heavy atom. The van der Waals surface area contributed by atoms with Gasteiger partial charge in [-0.1, -0.05) is 26.8 Å². The highest BCUT2D eigenvalue weighted by Gasteiger charge is 2.22. The first-order valence-electron chi connectivity index (χ1n) is 6.27. The summed E-state index contributed by atoms with van der Waals surface area (Å²) >= 11 is 3.86. The molecule has 0 saturated carbocycles. The molecule has 106 valence electrons. The molecule has 0 saturated heterocycles. The van der Waals surface area contributed by atoms with Crippen LogP contribution in [-0.4, -0.2) is 16.8 Å². The van der Waals surface area contributed by atoms with Crippen LogP contribution in [0.4, 0.5) is 0 Å². The maximum atomic E-state index is 11.2. The number of benzene rings is 1. The van der Waals surface area contributed by atoms with Gasteiger partial charge in [0.1, 0.15) is 12.4 Å². The number of rotatable bonds is 3. The third-order valence-corrected chi connectivity index (χ3v) is 3.47. The maximum Gasteiger partial charge on any atom is 0.315 e. The summed E-state index contributed by atoms with van der Waals surface area (Å²) in [6.07, 6.45) is 0. The largest absolute Gasteiger partial charge is 0.507 e. The van der Waals surface area contributed by atoms with Gasteiger partial charge in [0.05, 0.1) is 5.75 Å². The van der Waals surface area contributed by atoms with Gasteiger partial charge in [0.25, 0.3) is 0 Å². The molecule has 1 rings (SSSR count). The summed E-state index contributed by atoms with van der Waals surface area (Å²) in [6.45, 7) is 10.2. The van der Waals surface area contributed by atoms with Crippen molar-refractivity contribution >= 4 is 18.6 Å². The van der Waals surface area contributed by atoms with Crippen LogP contribution in [0.15, 0.2) is 6.07 Å². The van der Waals surface area contributed by atoms with Gasteiger partial charge in [-0.05, 0) is 41.5 Å². The van der Waals surface area contributed by atoms with E-state index in [0.29, 0.717) is 0 Å². The lowest BCUT2D eigenvalue weighted by Gasteiger charge is -2.24. The summed E-state index contributed by atoms with van der Waals surface area (Å²) in [5.74, 6) is -0.0130. The Morgan fingerprint density at radius 1 is 1.37 bits per heavy atom. The molecular formula is C15H22O3S. The Labute approximate surface area is 120 Å². The Balaban J connectivity index is 3.16. The molecule has 0 spiro atoms. The highest BCUT2D eigenvalue weighted by Crippen LogP contribution is 2.36. The van der Waals surface area contributed by atoms with Crippen LogP contribution >= 0.6 is 12.6 Å². The molecule has 1 aromatic rings. The van der Waals surface area contributed by atoms with Crippen LogP contribution in [0.1, 0.15) is 43.0 Å². The number of aromatic hydroxyl groups is 1. The summed E-state index contributed by atoms with van der Waals surface area (Å²) in [5, 5.41) is 10.3. The van der Waals surface area contributed by atoms with E-state index in [9.17, 15) is 9.90 Å². The number of phenolic OH excluding ortho intramolecular Hbond substituents is 1. The number of esters is 1. The van der Waals surface area contributed by atoms with E-state index in [1.807, 2.05) is 19.9 Å². The van der Waals surface area contributed by atoms with Gasteiger partial charge in [0.15, 0.2) is 0 Å². The van der Waals surface area contributed by atoms with E-state index < -0.39 is 0 Å². The summed E-state index contributed by atoms with van der Waals surface area (Å²) in [5.41, 5.74) is 3.44. The quantitative estimate of drug-likeness (QED) is 0.660. The van der Waals surface area contributed by atoms with E-state index in [4.69, 9.17) is 4.74 Å². The van der Waals surface area contributed by atoms with Crippen molar-refractivity contribution < 1.29 is 14.6 Å². The van der Waals surface area contributed by atoms with E-state index in [2.05, 4.69) is 33.4 Å². The van der Waals surface area contributed by atoms with Crippen molar-refractivity contribution in [1.82, 2.24) is 0 Å². The van der Waals surface area contributed by atoms with Gasteiger partial charge in [-0.25, -0.2) is 0 Å². The zero-order chi connectivity index (χ0) is 14.8. The molecule has 0 unspecified atom stereocenters. The first kappa shape index (κ1) is 15.9. The molecule has 0 heterocycles. The molecule has 0 aliphatic carbocycles. The number of ether oxygens (including phenoxy) is 1. The second kappa shape index (κ2) is 5.87.